The lowest BCUT2D eigenvalue weighted by Crippen LogP contribution is -2.38. The van der Waals surface area contributed by atoms with Crippen LogP contribution in [0.15, 0.2) is 30.3 Å². The third-order valence-corrected chi connectivity index (χ3v) is 4.24. The van der Waals surface area contributed by atoms with Crippen molar-refractivity contribution < 1.29 is 13.9 Å². The van der Waals surface area contributed by atoms with Crippen molar-refractivity contribution in [1.29, 1.82) is 0 Å². The maximum atomic E-state index is 14.1. The highest BCUT2D eigenvalue weighted by Crippen LogP contribution is 2.51. The number of pyridine rings is 1. The number of carbonyl (C=O) groups excluding carboxylic acids is 1. The molecule has 114 valence electrons. The Labute approximate surface area is 132 Å². The van der Waals surface area contributed by atoms with Gasteiger partial charge in [-0.2, -0.15) is 0 Å². The molecule has 1 aliphatic heterocycles. The number of amides is 1. The standard InChI is InChI=1S/C16H14ClFN2O2/c1-16(2,15(19)21)12-8-4-3-5-10(18)13(8)22-14-9(12)6-7-11(17)20-14/h3-7,12H,1-2H3,(H2,19,21)/t12-/m0/s1. The second-order valence-corrected chi connectivity index (χ2v) is 6.19. The van der Waals surface area contributed by atoms with Crippen molar-refractivity contribution in [3.8, 4) is 11.6 Å². The summed E-state index contributed by atoms with van der Waals surface area (Å²) in [5.74, 6) is -1.22. The zero-order valence-corrected chi connectivity index (χ0v) is 12.8. The van der Waals surface area contributed by atoms with Gasteiger partial charge in [-0.3, -0.25) is 4.79 Å². The van der Waals surface area contributed by atoms with Crippen LogP contribution < -0.4 is 10.5 Å². The molecular weight excluding hydrogens is 307 g/mol. The minimum atomic E-state index is -0.948. The molecule has 22 heavy (non-hydrogen) atoms. The van der Waals surface area contributed by atoms with Gasteiger partial charge in [0.15, 0.2) is 11.6 Å². The summed E-state index contributed by atoms with van der Waals surface area (Å²) in [7, 11) is 0. The molecule has 1 amide bonds. The summed E-state index contributed by atoms with van der Waals surface area (Å²) in [6, 6.07) is 7.94. The van der Waals surface area contributed by atoms with Crippen LogP contribution in [-0.4, -0.2) is 10.9 Å². The number of halogens is 2. The Balaban J connectivity index is 2.30. The Morgan fingerprint density at radius 3 is 2.73 bits per heavy atom. The Hall–Kier alpha value is -2.14. The fraction of sp³-hybridized carbons (Fsp3) is 0.250. The van der Waals surface area contributed by atoms with Crippen LogP contribution in [0.5, 0.6) is 11.6 Å². The molecule has 0 saturated carbocycles. The van der Waals surface area contributed by atoms with Crippen molar-refractivity contribution in [2.45, 2.75) is 19.8 Å². The first-order valence-electron chi connectivity index (χ1n) is 6.75. The summed E-state index contributed by atoms with van der Waals surface area (Å²) in [4.78, 5) is 16.0. The molecule has 6 heteroatoms. The van der Waals surface area contributed by atoms with Crippen LogP contribution in [-0.2, 0) is 4.79 Å². The highest BCUT2D eigenvalue weighted by molar-refractivity contribution is 6.29. The maximum Gasteiger partial charge on any atom is 0.224 e. The highest BCUT2D eigenvalue weighted by atomic mass is 35.5. The van der Waals surface area contributed by atoms with Gasteiger partial charge in [-0.1, -0.05) is 37.6 Å². The summed E-state index contributed by atoms with van der Waals surface area (Å²) >= 11 is 5.89. The number of ether oxygens (including phenoxy) is 1. The molecule has 1 aliphatic rings. The number of aromatic nitrogens is 1. The zero-order chi connectivity index (χ0) is 16.1. The Kier molecular flexibility index (Phi) is 3.33. The lowest BCUT2D eigenvalue weighted by atomic mass is 9.70. The molecule has 2 heterocycles. The third-order valence-electron chi connectivity index (χ3n) is 4.03. The van der Waals surface area contributed by atoms with E-state index in [4.69, 9.17) is 22.1 Å². The van der Waals surface area contributed by atoms with Crippen molar-refractivity contribution in [3.05, 3.63) is 52.4 Å². The van der Waals surface area contributed by atoms with Gasteiger partial charge in [-0.05, 0) is 18.2 Å². The molecule has 3 rings (SSSR count). The van der Waals surface area contributed by atoms with Gasteiger partial charge in [0.25, 0.3) is 0 Å². The summed E-state index contributed by atoms with van der Waals surface area (Å²) in [6.07, 6.45) is 0. The van der Waals surface area contributed by atoms with Gasteiger partial charge < -0.3 is 10.5 Å². The van der Waals surface area contributed by atoms with Crippen molar-refractivity contribution in [2.75, 3.05) is 0 Å². The molecule has 0 radical (unpaired) electrons. The quantitative estimate of drug-likeness (QED) is 0.859. The van der Waals surface area contributed by atoms with Crippen LogP contribution in [0.2, 0.25) is 5.15 Å². The normalized spacial score (nSPS) is 16.5. The largest absolute Gasteiger partial charge is 0.435 e. The second kappa shape index (κ2) is 4.95. The highest BCUT2D eigenvalue weighted by Gasteiger charge is 2.43. The van der Waals surface area contributed by atoms with Crippen molar-refractivity contribution >= 4 is 17.5 Å². The molecule has 0 bridgehead atoms. The number of nitrogens with two attached hydrogens (primary N) is 1. The molecule has 4 nitrogen and oxygen atoms in total. The molecule has 1 atom stereocenters. The second-order valence-electron chi connectivity index (χ2n) is 5.81. The van der Waals surface area contributed by atoms with E-state index in [2.05, 4.69) is 4.98 Å². The van der Waals surface area contributed by atoms with Gasteiger partial charge in [-0.25, -0.2) is 9.37 Å². The number of para-hydroxylation sites is 1. The minimum Gasteiger partial charge on any atom is -0.435 e. The summed E-state index contributed by atoms with van der Waals surface area (Å²) in [5.41, 5.74) is 5.84. The summed E-state index contributed by atoms with van der Waals surface area (Å²) < 4.78 is 19.7. The van der Waals surface area contributed by atoms with E-state index in [1.807, 2.05) is 0 Å². The summed E-state index contributed by atoms with van der Waals surface area (Å²) in [6.45, 7) is 3.44. The average molecular weight is 321 g/mol. The van der Waals surface area contributed by atoms with Gasteiger partial charge in [0.05, 0.1) is 5.41 Å². The molecule has 2 N–H and O–H groups in total. The predicted octanol–water partition coefficient (Wildman–Crippen LogP) is 3.62. The van der Waals surface area contributed by atoms with Crippen LogP contribution in [0.1, 0.15) is 30.9 Å². The molecule has 0 fully saturated rings. The molecule has 1 aromatic heterocycles. The number of nitrogens with zero attached hydrogens (tertiary/aromatic N) is 1. The Morgan fingerprint density at radius 2 is 2.05 bits per heavy atom. The van der Waals surface area contributed by atoms with Crippen LogP contribution >= 0.6 is 11.6 Å². The molecule has 0 spiro atoms. The smallest absolute Gasteiger partial charge is 0.224 e. The molecule has 0 saturated heterocycles. The van der Waals surface area contributed by atoms with E-state index >= 15 is 0 Å². The van der Waals surface area contributed by atoms with Gasteiger partial charge >= 0.3 is 0 Å². The molecule has 1 aromatic carbocycles. The Morgan fingerprint density at radius 1 is 1.32 bits per heavy atom. The van der Waals surface area contributed by atoms with E-state index in [0.29, 0.717) is 11.1 Å². The summed E-state index contributed by atoms with van der Waals surface area (Å²) in [5, 5.41) is 0.231. The minimum absolute atomic E-state index is 0.0593. The third kappa shape index (κ3) is 2.13. The van der Waals surface area contributed by atoms with Crippen LogP contribution in [0.3, 0.4) is 0 Å². The van der Waals surface area contributed by atoms with Crippen molar-refractivity contribution in [3.63, 3.8) is 0 Å². The van der Waals surface area contributed by atoms with E-state index in [0.717, 1.165) is 0 Å². The average Bonchev–Trinajstić information content (AvgIpc) is 2.45. The SMILES string of the molecule is CC(C)(C(N)=O)[C@@H]1c2ccc(Cl)nc2Oc2c(F)cccc21. The van der Waals surface area contributed by atoms with E-state index in [-0.39, 0.29) is 16.8 Å². The first kappa shape index (κ1) is 14.8. The lowest BCUT2D eigenvalue weighted by Gasteiger charge is -2.36. The van der Waals surface area contributed by atoms with E-state index in [9.17, 15) is 9.18 Å². The van der Waals surface area contributed by atoms with Crippen molar-refractivity contribution in [2.24, 2.45) is 11.1 Å². The van der Waals surface area contributed by atoms with Crippen LogP contribution in [0, 0.1) is 11.2 Å². The maximum absolute atomic E-state index is 14.1. The predicted molar refractivity (Wildman–Crippen MR) is 80.5 cm³/mol. The van der Waals surface area contributed by atoms with Gasteiger partial charge in [-0.15, -0.1) is 0 Å². The zero-order valence-electron chi connectivity index (χ0n) is 12.1. The van der Waals surface area contributed by atoms with Gasteiger partial charge in [0, 0.05) is 17.0 Å². The number of rotatable bonds is 2. The van der Waals surface area contributed by atoms with Crippen molar-refractivity contribution in [1.82, 2.24) is 4.98 Å². The number of hydrogen-bond acceptors (Lipinski definition) is 3. The molecule has 0 aliphatic carbocycles. The van der Waals surface area contributed by atoms with Crippen LogP contribution in [0.4, 0.5) is 4.39 Å². The first-order valence-corrected chi connectivity index (χ1v) is 7.12. The van der Waals surface area contributed by atoms with E-state index in [1.54, 1.807) is 38.1 Å². The first-order chi connectivity index (χ1) is 10.3. The number of carbonyl (C=O) groups is 1. The molecule has 0 unspecified atom stereocenters. The fourth-order valence-electron chi connectivity index (χ4n) is 2.77. The van der Waals surface area contributed by atoms with Gasteiger partial charge in [0.2, 0.25) is 11.8 Å². The molecule has 2 aromatic rings. The number of primary amides is 1. The fourth-order valence-corrected chi connectivity index (χ4v) is 2.91. The van der Waals surface area contributed by atoms with E-state index < -0.39 is 23.1 Å². The van der Waals surface area contributed by atoms with E-state index in [1.165, 1.54) is 6.07 Å². The number of benzene rings is 1. The number of hydrogen-bond donors (Lipinski definition) is 1. The van der Waals surface area contributed by atoms with Gasteiger partial charge in [0.1, 0.15) is 5.15 Å². The number of fused-ring (bicyclic) bond motifs is 2. The van der Waals surface area contributed by atoms with Crippen LogP contribution in [0.25, 0.3) is 0 Å². The topological polar surface area (TPSA) is 65.2 Å². The monoisotopic (exact) mass is 320 g/mol. The molecular formula is C16H14ClFN2O2. The Bertz CT molecular complexity index is 777. The lowest BCUT2D eigenvalue weighted by molar-refractivity contribution is -0.126.